The van der Waals surface area contributed by atoms with Crippen LogP contribution in [0, 0.1) is 0 Å². The van der Waals surface area contributed by atoms with Crippen LogP contribution in [0.3, 0.4) is 0 Å². The third kappa shape index (κ3) is 5.44. The topological polar surface area (TPSA) is 12.5 Å². The van der Waals surface area contributed by atoms with Crippen molar-refractivity contribution < 1.29 is 4.74 Å². The van der Waals surface area contributed by atoms with Gasteiger partial charge in [0.15, 0.2) is 0 Å². The summed E-state index contributed by atoms with van der Waals surface area (Å²) in [6.07, 6.45) is -0.373. The summed E-state index contributed by atoms with van der Waals surface area (Å²) in [6.45, 7) is 3.02. The average molecular weight is 235 g/mol. The van der Waals surface area contributed by atoms with Crippen molar-refractivity contribution >= 4 is 34.8 Å². The van der Waals surface area contributed by atoms with E-state index in [-0.39, 0.29) is 6.10 Å². The van der Waals surface area contributed by atoms with Gasteiger partial charge in [0.25, 0.3) is 0 Å². The minimum absolute atomic E-state index is 0.373. The molecule has 1 atom stereocenters. The van der Waals surface area contributed by atoms with E-state index >= 15 is 0 Å². The lowest BCUT2D eigenvalue weighted by Gasteiger charge is -2.26. The van der Waals surface area contributed by atoms with Gasteiger partial charge in [0.05, 0.1) is 0 Å². The molecule has 0 bridgehead atoms. The highest BCUT2D eigenvalue weighted by Gasteiger charge is 2.33. The van der Waals surface area contributed by atoms with Gasteiger partial charge in [-0.2, -0.15) is 0 Å². The molecule has 1 unspecified atom stereocenters. The molecule has 74 valence electrons. The lowest BCUT2D eigenvalue weighted by molar-refractivity contribution is 0.0470. The molecule has 0 aromatic carbocycles. The van der Waals surface area contributed by atoms with Crippen LogP contribution in [0.1, 0.15) is 6.92 Å². The van der Waals surface area contributed by atoms with E-state index in [9.17, 15) is 0 Å². The fraction of sp³-hybridized carbons (Fsp3) is 1.00. The lowest BCUT2D eigenvalue weighted by atomic mass is 10.4. The van der Waals surface area contributed by atoms with Crippen LogP contribution in [0.25, 0.3) is 0 Å². The van der Waals surface area contributed by atoms with Gasteiger partial charge in [0.1, 0.15) is 6.10 Å². The second-order valence-corrected chi connectivity index (χ2v) is 5.12. The van der Waals surface area contributed by atoms with Gasteiger partial charge in [0.2, 0.25) is 3.79 Å². The monoisotopic (exact) mass is 233 g/mol. The largest absolute Gasteiger partial charge is 0.373 e. The van der Waals surface area contributed by atoms with Crippen molar-refractivity contribution in [3.8, 4) is 0 Å². The molecule has 5 heteroatoms. The second-order valence-electron chi connectivity index (χ2n) is 2.75. The Kier molecular flexibility index (Phi) is 5.87. The summed E-state index contributed by atoms with van der Waals surface area (Å²) in [4.78, 5) is 1.92. The van der Waals surface area contributed by atoms with E-state index in [1.807, 2.05) is 25.9 Å². The zero-order chi connectivity index (χ0) is 9.78. The summed E-state index contributed by atoms with van der Waals surface area (Å²) < 4.78 is 3.93. The molecule has 0 heterocycles. The molecule has 0 aliphatic heterocycles. The molecule has 0 aliphatic rings. The molecular weight excluding hydrogens is 220 g/mol. The van der Waals surface area contributed by atoms with E-state index in [0.717, 1.165) is 0 Å². The number of halogens is 3. The van der Waals surface area contributed by atoms with Gasteiger partial charge >= 0.3 is 0 Å². The predicted molar refractivity (Wildman–Crippen MR) is 54.3 cm³/mol. The lowest BCUT2D eigenvalue weighted by Crippen LogP contribution is -2.38. The first-order valence-corrected chi connectivity index (χ1v) is 4.84. The van der Waals surface area contributed by atoms with Gasteiger partial charge in [-0.05, 0) is 21.0 Å². The Balaban J connectivity index is 4.04. The van der Waals surface area contributed by atoms with Crippen LogP contribution in [0.2, 0.25) is 0 Å². The average Bonchev–Trinajstić information content (AvgIpc) is 1.83. The number of hydrogen-bond donors (Lipinski definition) is 0. The number of ether oxygens (including phenoxy) is 1. The van der Waals surface area contributed by atoms with Crippen LogP contribution in [-0.4, -0.2) is 42.0 Å². The highest BCUT2D eigenvalue weighted by molar-refractivity contribution is 6.68. The molecule has 0 saturated heterocycles. The van der Waals surface area contributed by atoms with E-state index in [0.29, 0.717) is 13.2 Å². The minimum atomic E-state index is -1.35. The van der Waals surface area contributed by atoms with Gasteiger partial charge in [-0.25, -0.2) is 0 Å². The normalized spacial score (nSPS) is 15.2. The van der Waals surface area contributed by atoms with Crippen LogP contribution < -0.4 is 0 Å². The van der Waals surface area contributed by atoms with Crippen LogP contribution >= 0.6 is 34.8 Å². The number of rotatable bonds is 4. The highest BCUT2D eigenvalue weighted by Crippen LogP contribution is 2.32. The van der Waals surface area contributed by atoms with E-state index in [2.05, 4.69) is 0 Å². The third-order valence-electron chi connectivity index (χ3n) is 1.26. The van der Waals surface area contributed by atoms with Crippen molar-refractivity contribution in [2.45, 2.75) is 16.8 Å². The quantitative estimate of drug-likeness (QED) is 0.692. The summed E-state index contributed by atoms with van der Waals surface area (Å²) >= 11 is 17.1. The number of hydrogen-bond acceptors (Lipinski definition) is 2. The maximum Gasteiger partial charge on any atom is 0.217 e. The predicted octanol–water partition coefficient (Wildman–Crippen LogP) is 2.32. The summed E-state index contributed by atoms with van der Waals surface area (Å²) in [5.74, 6) is 0. The summed E-state index contributed by atoms with van der Waals surface area (Å²) in [7, 11) is 3.81. The first-order chi connectivity index (χ1) is 5.38. The van der Waals surface area contributed by atoms with Crippen LogP contribution in [0.5, 0.6) is 0 Å². The van der Waals surface area contributed by atoms with E-state index < -0.39 is 3.79 Å². The number of likely N-dealkylation sites (N-methyl/N-ethyl adjacent to an activating group) is 1. The van der Waals surface area contributed by atoms with Crippen molar-refractivity contribution in [1.29, 1.82) is 0 Å². The fourth-order valence-corrected chi connectivity index (χ4v) is 1.18. The van der Waals surface area contributed by atoms with Crippen LogP contribution in [-0.2, 0) is 4.74 Å². The van der Waals surface area contributed by atoms with Crippen molar-refractivity contribution in [2.75, 3.05) is 27.2 Å². The summed E-state index contributed by atoms with van der Waals surface area (Å²) in [5.41, 5.74) is 0. The maximum atomic E-state index is 5.70. The van der Waals surface area contributed by atoms with Gasteiger partial charge in [0, 0.05) is 13.2 Å². The summed E-state index contributed by atoms with van der Waals surface area (Å²) in [5, 5.41) is 0. The molecule has 0 aromatic heterocycles. The molecule has 0 radical (unpaired) electrons. The first kappa shape index (κ1) is 12.8. The Bertz CT molecular complexity index is 124. The molecule has 0 fully saturated rings. The standard InChI is InChI=1S/C7H14Cl3NO/c1-4-12-6(5-11(2)3)7(8,9)10/h6H,4-5H2,1-3H3. The Morgan fingerprint density at radius 1 is 1.33 bits per heavy atom. The second kappa shape index (κ2) is 5.51. The van der Waals surface area contributed by atoms with Gasteiger partial charge in [-0.3, -0.25) is 0 Å². The summed E-state index contributed by atoms with van der Waals surface area (Å²) in [6, 6.07) is 0. The SMILES string of the molecule is CCOC(CN(C)C)C(Cl)(Cl)Cl. The van der Waals surface area contributed by atoms with Crippen molar-refractivity contribution in [2.24, 2.45) is 0 Å². The zero-order valence-corrected chi connectivity index (χ0v) is 9.75. The minimum Gasteiger partial charge on any atom is -0.373 e. The highest BCUT2D eigenvalue weighted by atomic mass is 35.6. The smallest absolute Gasteiger partial charge is 0.217 e. The number of nitrogens with zero attached hydrogens (tertiary/aromatic N) is 1. The van der Waals surface area contributed by atoms with Crippen molar-refractivity contribution in [1.82, 2.24) is 4.90 Å². The van der Waals surface area contributed by atoms with Crippen molar-refractivity contribution in [3.63, 3.8) is 0 Å². The molecular formula is C7H14Cl3NO. The molecule has 0 aromatic rings. The van der Waals surface area contributed by atoms with Crippen LogP contribution in [0.15, 0.2) is 0 Å². The van der Waals surface area contributed by atoms with E-state index in [1.54, 1.807) is 0 Å². The fourth-order valence-electron chi connectivity index (χ4n) is 0.784. The third-order valence-corrected chi connectivity index (χ3v) is 1.99. The van der Waals surface area contributed by atoms with Gasteiger partial charge in [-0.15, -0.1) is 0 Å². The Morgan fingerprint density at radius 2 is 1.83 bits per heavy atom. The molecule has 12 heavy (non-hydrogen) atoms. The molecule has 0 aliphatic carbocycles. The molecule has 0 amide bonds. The number of alkyl halides is 3. The van der Waals surface area contributed by atoms with Crippen molar-refractivity contribution in [3.05, 3.63) is 0 Å². The van der Waals surface area contributed by atoms with E-state index in [1.165, 1.54) is 0 Å². The maximum absolute atomic E-state index is 5.70. The Morgan fingerprint density at radius 3 is 2.08 bits per heavy atom. The van der Waals surface area contributed by atoms with E-state index in [4.69, 9.17) is 39.5 Å². The van der Waals surface area contributed by atoms with Crippen LogP contribution in [0.4, 0.5) is 0 Å². The Hall–Kier alpha value is 0.790. The molecule has 2 nitrogen and oxygen atoms in total. The molecule has 0 rings (SSSR count). The zero-order valence-electron chi connectivity index (χ0n) is 7.48. The van der Waals surface area contributed by atoms with Gasteiger partial charge in [-0.1, -0.05) is 34.8 Å². The first-order valence-electron chi connectivity index (χ1n) is 3.71. The molecule has 0 saturated carbocycles. The Labute approximate surface area is 88.7 Å². The molecule has 0 N–H and O–H groups in total. The molecule has 0 spiro atoms. The van der Waals surface area contributed by atoms with Gasteiger partial charge < -0.3 is 9.64 Å².